The molecule has 1 N–H and O–H groups in total. The van der Waals surface area contributed by atoms with Crippen LogP contribution in [0, 0.1) is 6.92 Å². The lowest BCUT2D eigenvalue weighted by Gasteiger charge is -2.37. The number of rotatable bonds is 6. The Labute approximate surface area is 204 Å². The minimum absolute atomic E-state index is 0.170. The molecule has 0 amide bonds. The minimum Gasteiger partial charge on any atom is -0.377 e. The molecule has 1 saturated carbocycles. The summed E-state index contributed by atoms with van der Waals surface area (Å²) < 4.78 is 13.4. The highest BCUT2D eigenvalue weighted by Crippen LogP contribution is 2.38. The number of likely N-dealkylation sites (tertiary alicyclic amines) is 1. The Hall–Kier alpha value is -2.26. The number of benzene rings is 1. The van der Waals surface area contributed by atoms with E-state index in [1.807, 2.05) is 18.5 Å². The van der Waals surface area contributed by atoms with E-state index in [-0.39, 0.29) is 6.10 Å². The van der Waals surface area contributed by atoms with E-state index in [2.05, 4.69) is 38.0 Å². The van der Waals surface area contributed by atoms with Crippen LogP contribution >= 0.6 is 11.6 Å². The van der Waals surface area contributed by atoms with E-state index in [1.165, 1.54) is 18.4 Å². The van der Waals surface area contributed by atoms with Crippen LogP contribution in [-0.4, -0.2) is 70.2 Å². The molecule has 3 aliphatic rings. The molecule has 4 heterocycles. The predicted molar refractivity (Wildman–Crippen MR) is 132 cm³/mol. The number of ether oxygens (including phenoxy) is 2. The zero-order valence-corrected chi connectivity index (χ0v) is 20.5. The van der Waals surface area contributed by atoms with Crippen molar-refractivity contribution in [3.05, 3.63) is 40.8 Å². The summed E-state index contributed by atoms with van der Waals surface area (Å²) in [6.45, 7) is 5.58. The molecule has 3 aromatic rings. The van der Waals surface area contributed by atoms with Crippen molar-refractivity contribution in [1.29, 1.82) is 0 Å². The molecule has 2 aromatic heterocycles. The van der Waals surface area contributed by atoms with E-state index in [4.69, 9.17) is 26.1 Å². The molecule has 0 unspecified atom stereocenters. The number of hydrogen-bond donors (Lipinski definition) is 1. The second kappa shape index (κ2) is 9.07. The van der Waals surface area contributed by atoms with Gasteiger partial charge in [0, 0.05) is 23.7 Å². The summed E-state index contributed by atoms with van der Waals surface area (Å²) in [5.74, 6) is 1.00. The van der Waals surface area contributed by atoms with Gasteiger partial charge >= 0.3 is 0 Å². The minimum atomic E-state index is 0.170. The van der Waals surface area contributed by atoms with Crippen molar-refractivity contribution in [1.82, 2.24) is 24.6 Å². The quantitative estimate of drug-likeness (QED) is 0.555. The maximum atomic E-state index is 6.74. The molecule has 34 heavy (non-hydrogen) atoms. The van der Waals surface area contributed by atoms with Crippen molar-refractivity contribution in [2.45, 2.75) is 56.7 Å². The number of halogens is 1. The van der Waals surface area contributed by atoms with Crippen LogP contribution in [0.4, 0.5) is 11.6 Å². The van der Waals surface area contributed by atoms with Gasteiger partial charge in [0.1, 0.15) is 0 Å². The van der Waals surface area contributed by atoms with Gasteiger partial charge in [-0.1, -0.05) is 11.6 Å². The van der Waals surface area contributed by atoms with Crippen LogP contribution in [0.2, 0.25) is 5.02 Å². The number of fused-ring (bicyclic) bond motifs is 1. The van der Waals surface area contributed by atoms with E-state index in [0.29, 0.717) is 30.6 Å². The topological polar surface area (TPSA) is 77.3 Å². The first-order valence-electron chi connectivity index (χ1n) is 12.2. The number of aromatic nitrogens is 4. The molecule has 6 rings (SSSR count). The van der Waals surface area contributed by atoms with Crippen molar-refractivity contribution in [2.75, 3.05) is 38.7 Å². The third-order valence-corrected chi connectivity index (χ3v) is 7.95. The third-order valence-electron chi connectivity index (χ3n) is 7.62. The van der Waals surface area contributed by atoms with Gasteiger partial charge in [-0.25, -0.2) is 9.97 Å². The normalized spacial score (nSPS) is 24.2. The van der Waals surface area contributed by atoms with Gasteiger partial charge in [0.05, 0.1) is 54.5 Å². The highest BCUT2D eigenvalue weighted by Gasteiger charge is 2.35. The van der Waals surface area contributed by atoms with Crippen LogP contribution in [0.25, 0.3) is 10.9 Å². The zero-order chi connectivity index (χ0) is 23.2. The van der Waals surface area contributed by atoms with E-state index in [1.54, 1.807) is 7.11 Å². The second-order valence-corrected chi connectivity index (χ2v) is 10.2. The Bertz CT molecular complexity index is 1190. The second-order valence-electron chi connectivity index (χ2n) is 9.76. The molecule has 1 aliphatic carbocycles. The fourth-order valence-corrected chi connectivity index (χ4v) is 5.75. The molecule has 9 heteroatoms. The molecule has 180 valence electrons. The number of methoxy groups -OCH3 is 1. The maximum absolute atomic E-state index is 6.74. The molecule has 1 aromatic carbocycles. The van der Waals surface area contributed by atoms with Gasteiger partial charge in [0.25, 0.3) is 0 Å². The average molecular weight is 483 g/mol. The molecule has 2 atom stereocenters. The number of nitrogens with one attached hydrogen (secondary N) is 1. The SMILES string of the molecule is CO[C@H]1COC[C@H]1N1CCC(c2cc3nc(Nc4cnn(C5CC5)c4C)ncc3cc2Cl)CC1. The average Bonchev–Trinajstić information content (AvgIpc) is 3.47. The molecule has 0 bridgehead atoms. The molecule has 2 aliphatic heterocycles. The summed E-state index contributed by atoms with van der Waals surface area (Å²) in [6, 6.07) is 5.06. The van der Waals surface area contributed by atoms with Gasteiger partial charge in [-0.05, 0) is 69.3 Å². The van der Waals surface area contributed by atoms with Crippen molar-refractivity contribution < 1.29 is 9.47 Å². The lowest BCUT2D eigenvalue weighted by Crippen LogP contribution is -2.47. The molecule has 3 fully saturated rings. The summed E-state index contributed by atoms with van der Waals surface area (Å²) in [7, 11) is 1.78. The lowest BCUT2D eigenvalue weighted by molar-refractivity contribution is 0.0317. The molecule has 0 spiro atoms. The Morgan fingerprint density at radius 1 is 1.12 bits per heavy atom. The molecule has 0 radical (unpaired) electrons. The molecular weight excluding hydrogens is 452 g/mol. The first kappa shape index (κ1) is 22.2. The Balaban J connectivity index is 1.19. The Morgan fingerprint density at radius 2 is 1.94 bits per heavy atom. The Morgan fingerprint density at radius 3 is 2.71 bits per heavy atom. The highest BCUT2D eigenvalue weighted by atomic mass is 35.5. The standard InChI is InChI=1S/C25H31ClN6O2/c1-15-22(12-28-32(15)18-3-4-18)30-25-27-11-17-9-20(26)19(10-21(17)29-25)16-5-7-31(8-6-16)23-13-34-14-24(23)33-2/h9-12,16,18,23-24H,3-8,13-14H2,1-2H3,(H,27,29,30)/t23-,24+/m1/s1. The fraction of sp³-hybridized carbons (Fsp3) is 0.560. The van der Waals surface area contributed by atoms with Gasteiger partial charge < -0.3 is 14.8 Å². The van der Waals surface area contributed by atoms with Crippen LogP contribution in [-0.2, 0) is 9.47 Å². The number of piperidine rings is 1. The van der Waals surface area contributed by atoms with E-state index < -0.39 is 0 Å². The smallest absolute Gasteiger partial charge is 0.227 e. The number of nitrogens with zero attached hydrogens (tertiary/aromatic N) is 5. The lowest BCUT2D eigenvalue weighted by atomic mass is 9.88. The third kappa shape index (κ3) is 4.17. The largest absolute Gasteiger partial charge is 0.377 e. The van der Waals surface area contributed by atoms with Crippen molar-refractivity contribution in [3.63, 3.8) is 0 Å². The highest BCUT2D eigenvalue weighted by molar-refractivity contribution is 6.32. The van der Waals surface area contributed by atoms with Crippen molar-refractivity contribution in [2.24, 2.45) is 0 Å². The summed E-state index contributed by atoms with van der Waals surface area (Å²) in [6.07, 6.45) is 8.42. The summed E-state index contributed by atoms with van der Waals surface area (Å²) >= 11 is 6.74. The first-order valence-corrected chi connectivity index (χ1v) is 12.6. The van der Waals surface area contributed by atoms with Crippen molar-refractivity contribution >= 4 is 34.1 Å². The fourth-order valence-electron chi connectivity index (χ4n) is 5.43. The predicted octanol–water partition coefficient (Wildman–Crippen LogP) is 4.46. The molecular formula is C25H31ClN6O2. The van der Waals surface area contributed by atoms with Crippen LogP contribution in [0.3, 0.4) is 0 Å². The summed E-state index contributed by atoms with van der Waals surface area (Å²) in [4.78, 5) is 11.8. The van der Waals surface area contributed by atoms with Gasteiger partial charge in [-0.15, -0.1) is 0 Å². The monoisotopic (exact) mass is 482 g/mol. The van der Waals surface area contributed by atoms with Crippen LogP contribution in [0.15, 0.2) is 24.5 Å². The number of hydrogen-bond acceptors (Lipinski definition) is 7. The molecule has 8 nitrogen and oxygen atoms in total. The van der Waals surface area contributed by atoms with Gasteiger partial charge in [0.2, 0.25) is 5.95 Å². The van der Waals surface area contributed by atoms with Gasteiger partial charge in [-0.3, -0.25) is 9.58 Å². The van der Waals surface area contributed by atoms with E-state index >= 15 is 0 Å². The van der Waals surface area contributed by atoms with Crippen molar-refractivity contribution in [3.8, 4) is 0 Å². The van der Waals surface area contributed by atoms with E-state index in [0.717, 1.165) is 59.8 Å². The maximum Gasteiger partial charge on any atom is 0.227 e. The summed E-state index contributed by atoms with van der Waals surface area (Å²) in [5, 5.41) is 9.64. The zero-order valence-electron chi connectivity index (χ0n) is 19.7. The first-order chi connectivity index (χ1) is 16.6. The van der Waals surface area contributed by atoms with Gasteiger partial charge in [0.15, 0.2) is 0 Å². The van der Waals surface area contributed by atoms with Crippen LogP contribution in [0.5, 0.6) is 0 Å². The van der Waals surface area contributed by atoms with Gasteiger partial charge in [-0.2, -0.15) is 5.10 Å². The summed E-state index contributed by atoms with van der Waals surface area (Å²) in [5.41, 5.74) is 4.17. The molecule has 2 saturated heterocycles. The van der Waals surface area contributed by atoms with Crippen LogP contribution < -0.4 is 5.32 Å². The number of anilines is 2. The Kier molecular flexibility index (Phi) is 5.93. The van der Waals surface area contributed by atoms with E-state index in [9.17, 15) is 0 Å². The van der Waals surface area contributed by atoms with Crippen LogP contribution in [0.1, 0.15) is 48.9 Å².